The molecule has 0 aliphatic heterocycles. The zero-order valence-electron chi connectivity index (χ0n) is 15.9. The topological polar surface area (TPSA) is 247 Å². The van der Waals surface area contributed by atoms with E-state index in [1.807, 2.05) is 0 Å². The number of carboxylic acid groups (broad SMARTS) is 5. The summed E-state index contributed by atoms with van der Waals surface area (Å²) in [6, 6.07) is 0. The van der Waals surface area contributed by atoms with E-state index in [2.05, 4.69) is 0 Å². The molecule has 0 aromatic heterocycles. The standard InChI is InChI=1S/C6H8O7.2C3H6O3.Ca.2H/c7-3(8)1-6(13,5(11)12)2-4(9)10;2*1-2(4)3(5)6;;;/h13H,1-2H2,(H,7,8)(H,9,10)(H,11,12);2*2,4H,1H3,(H,5,6);;;/q;;;+2;2*-1. The second-order valence-corrected chi connectivity index (χ2v) is 4.51. The molecular formula is C12H22CaO13. The average Bonchev–Trinajstić information content (AvgIpc) is 2.37. The summed E-state index contributed by atoms with van der Waals surface area (Å²) in [6.45, 7) is 2.39. The van der Waals surface area contributed by atoms with E-state index in [9.17, 15) is 24.0 Å². The molecule has 0 spiro atoms. The van der Waals surface area contributed by atoms with E-state index in [4.69, 9.17) is 40.9 Å². The van der Waals surface area contributed by atoms with Gasteiger partial charge in [-0.1, -0.05) is 0 Å². The average molecular weight is 414 g/mol. The van der Waals surface area contributed by atoms with Crippen LogP contribution in [0.25, 0.3) is 0 Å². The maximum Gasteiger partial charge on any atom is 2.00 e. The quantitative estimate of drug-likeness (QED) is 0.201. The Hall–Kier alpha value is -1.51. The van der Waals surface area contributed by atoms with Gasteiger partial charge in [0.2, 0.25) is 0 Å². The molecule has 0 aliphatic rings. The van der Waals surface area contributed by atoms with Crippen LogP contribution in [0.3, 0.4) is 0 Å². The first-order valence-corrected chi connectivity index (χ1v) is 6.27. The monoisotopic (exact) mass is 414 g/mol. The summed E-state index contributed by atoms with van der Waals surface area (Å²) < 4.78 is 0. The second-order valence-electron chi connectivity index (χ2n) is 4.51. The van der Waals surface area contributed by atoms with Crippen LogP contribution in [0.15, 0.2) is 0 Å². The van der Waals surface area contributed by atoms with Gasteiger partial charge in [-0.3, -0.25) is 9.59 Å². The minimum atomic E-state index is -2.74. The van der Waals surface area contributed by atoms with Crippen molar-refractivity contribution in [1.82, 2.24) is 0 Å². The second kappa shape index (κ2) is 15.7. The molecule has 0 fully saturated rings. The Kier molecular flexibility index (Phi) is 19.5. The van der Waals surface area contributed by atoms with Gasteiger partial charge in [-0.15, -0.1) is 0 Å². The molecule has 8 N–H and O–H groups in total. The molecule has 14 heteroatoms. The van der Waals surface area contributed by atoms with Gasteiger partial charge in [-0.25, -0.2) is 14.4 Å². The van der Waals surface area contributed by atoms with Gasteiger partial charge in [0.25, 0.3) is 0 Å². The molecule has 0 rings (SSSR count). The number of rotatable bonds is 7. The summed E-state index contributed by atoms with van der Waals surface area (Å²) in [4.78, 5) is 49.4. The number of carboxylic acids is 5. The van der Waals surface area contributed by atoms with E-state index in [0.29, 0.717) is 0 Å². The number of hydrogen-bond acceptors (Lipinski definition) is 8. The largest absolute Gasteiger partial charge is 2.00 e. The van der Waals surface area contributed by atoms with Crippen molar-refractivity contribution in [3.8, 4) is 0 Å². The van der Waals surface area contributed by atoms with E-state index in [1.165, 1.54) is 13.8 Å². The molecule has 0 bridgehead atoms. The molecule has 26 heavy (non-hydrogen) atoms. The van der Waals surface area contributed by atoms with E-state index in [1.54, 1.807) is 0 Å². The van der Waals surface area contributed by atoms with Crippen molar-refractivity contribution in [3.05, 3.63) is 0 Å². The van der Waals surface area contributed by atoms with Gasteiger partial charge >= 0.3 is 67.6 Å². The van der Waals surface area contributed by atoms with Gasteiger partial charge in [0.15, 0.2) is 5.60 Å². The van der Waals surface area contributed by atoms with Crippen molar-refractivity contribution in [2.24, 2.45) is 0 Å². The molecular weight excluding hydrogens is 392 g/mol. The normalized spacial score (nSPS) is 11.7. The maximum atomic E-state index is 10.3. The van der Waals surface area contributed by atoms with E-state index in [0.717, 1.165) is 0 Å². The van der Waals surface area contributed by atoms with Crippen LogP contribution in [0.1, 0.15) is 29.5 Å². The van der Waals surface area contributed by atoms with Gasteiger partial charge in [0.1, 0.15) is 12.2 Å². The molecule has 150 valence electrons. The Balaban J connectivity index is -0.0000000690. The molecule has 0 amide bonds. The van der Waals surface area contributed by atoms with Crippen LogP contribution in [0.4, 0.5) is 0 Å². The summed E-state index contributed by atoms with van der Waals surface area (Å²) in [5.74, 6) is -7.39. The summed E-state index contributed by atoms with van der Waals surface area (Å²) in [7, 11) is 0. The van der Waals surface area contributed by atoms with Gasteiger partial charge in [-0.05, 0) is 13.8 Å². The van der Waals surface area contributed by atoms with Crippen LogP contribution in [-0.2, 0) is 24.0 Å². The molecule has 13 nitrogen and oxygen atoms in total. The van der Waals surface area contributed by atoms with Gasteiger partial charge in [0.05, 0.1) is 12.8 Å². The summed E-state index contributed by atoms with van der Waals surface area (Å²) >= 11 is 0. The van der Waals surface area contributed by atoms with Crippen LogP contribution in [0.2, 0.25) is 0 Å². The minimum absolute atomic E-state index is 0. The fraction of sp³-hybridized carbons (Fsp3) is 0.583. The third kappa shape index (κ3) is 20.5. The van der Waals surface area contributed by atoms with Gasteiger partial charge < -0.3 is 43.7 Å². The van der Waals surface area contributed by atoms with Crippen molar-refractivity contribution in [1.29, 1.82) is 0 Å². The number of aliphatic hydroxyl groups excluding tert-OH is 2. The number of carbonyl (C=O) groups is 5. The number of hydrogen-bond donors (Lipinski definition) is 8. The Morgan fingerprint density at radius 2 is 0.962 bits per heavy atom. The number of aliphatic hydroxyl groups is 3. The third-order valence-corrected chi connectivity index (χ3v) is 2.00. The zero-order chi connectivity index (χ0) is 21.0. The van der Waals surface area contributed by atoms with Crippen molar-refractivity contribution in [2.75, 3.05) is 0 Å². The molecule has 0 aliphatic carbocycles. The molecule has 0 heterocycles. The van der Waals surface area contributed by atoms with Crippen molar-refractivity contribution in [3.63, 3.8) is 0 Å². The minimum Gasteiger partial charge on any atom is -1.00 e. The zero-order valence-corrected chi connectivity index (χ0v) is 16.1. The first-order valence-electron chi connectivity index (χ1n) is 6.27. The van der Waals surface area contributed by atoms with Crippen LogP contribution >= 0.6 is 0 Å². The summed E-state index contributed by atoms with van der Waals surface area (Å²) in [6.07, 6.45) is -4.75. The fourth-order valence-electron chi connectivity index (χ4n) is 0.714. The summed E-state index contributed by atoms with van der Waals surface area (Å²) in [5.41, 5.74) is -2.74. The molecule has 2 atom stereocenters. The molecule has 0 radical (unpaired) electrons. The van der Waals surface area contributed by atoms with E-state index >= 15 is 0 Å². The van der Waals surface area contributed by atoms with Crippen LogP contribution in [-0.4, -0.2) is 126 Å². The first kappa shape index (κ1) is 32.2. The fourth-order valence-corrected chi connectivity index (χ4v) is 0.714. The SMILES string of the molecule is CC(O)C(=O)O.CC(O)C(=O)O.O=C(O)CC(O)(CC(=O)O)C(=O)O.[Ca+2].[H-].[H-]. The third-order valence-electron chi connectivity index (χ3n) is 2.00. The van der Waals surface area contributed by atoms with Crippen molar-refractivity contribution in [2.45, 2.75) is 44.5 Å². The Morgan fingerprint density at radius 3 is 1.04 bits per heavy atom. The van der Waals surface area contributed by atoms with E-state index < -0.39 is 60.5 Å². The smallest absolute Gasteiger partial charge is 1.00 e. The Morgan fingerprint density at radius 1 is 0.769 bits per heavy atom. The maximum absolute atomic E-state index is 10.3. The predicted octanol–water partition coefficient (Wildman–Crippen LogP) is -2.50. The van der Waals surface area contributed by atoms with Crippen LogP contribution in [0, 0.1) is 0 Å². The van der Waals surface area contributed by atoms with Gasteiger partial charge in [-0.2, -0.15) is 0 Å². The molecule has 0 aromatic rings. The molecule has 2 unspecified atom stereocenters. The molecule has 0 saturated heterocycles. The van der Waals surface area contributed by atoms with Crippen LogP contribution in [0.5, 0.6) is 0 Å². The number of aliphatic carboxylic acids is 5. The van der Waals surface area contributed by atoms with E-state index in [-0.39, 0.29) is 40.6 Å². The molecule has 0 aromatic carbocycles. The predicted molar refractivity (Wildman–Crippen MR) is 83.7 cm³/mol. The van der Waals surface area contributed by atoms with Gasteiger partial charge in [0, 0.05) is 0 Å². The van der Waals surface area contributed by atoms with Crippen molar-refractivity contribution >= 4 is 67.6 Å². The Bertz CT molecular complexity index is 462. The summed E-state index contributed by atoms with van der Waals surface area (Å²) in [5, 5.41) is 65.4. The Labute approximate surface area is 179 Å². The first-order chi connectivity index (χ1) is 11.1. The van der Waals surface area contributed by atoms with Crippen molar-refractivity contribution < 1.29 is 67.7 Å². The molecule has 0 saturated carbocycles. The van der Waals surface area contributed by atoms with Crippen LogP contribution < -0.4 is 0 Å².